The van der Waals surface area contributed by atoms with Gasteiger partial charge in [-0.25, -0.2) is 9.78 Å². The van der Waals surface area contributed by atoms with Gasteiger partial charge in [0.2, 0.25) is 0 Å². The van der Waals surface area contributed by atoms with E-state index in [1.54, 1.807) is 11.3 Å². The van der Waals surface area contributed by atoms with Crippen LogP contribution in [0.2, 0.25) is 0 Å². The summed E-state index contributed by atoms with van der Waals surface area (Å²) in [5.41, 5.74) is 7.99. The first-order valence-electron chi connectivity index (χ1n) is 10.1. The molecule has 1 unspecified atom stereocenters. The largest absolute Gasteiger partial charge is 0.444 e. The minimum absolute atomic E-state index is 0.145. The molecule has 1 aromatic rings. The van der Waals surface area contributed by atoms with E-state index in [0.29, 0.717) is 5.92 Å². The van der Waals surface area contributed by atoms with Crippen molar-refractivity contribution in [3.05, 3.63) is 21.6 Å². The van der Waals surface area contributed by atoms with Crippen molar-refractivity contribution in [1.29, 1.82) is 0 Å². The Bertz CT molecular complexity index is 720. The number of anilines is 1. The Hall–Kier alpha value is -1.99. The number of thiazole rings is 1. The van der Waals surface area contributed by atoms with Crippen LogP contribution in [0.3, 0.4) is 0 Å². The average Bonchev–Trinajstić information content (AvgIpc) is 3.06. The van der Waals surface area contributed by atoms with Gasteiger partial charge in [0, 0.05) is 24.5 Å². The number of azide groups is 1. The molecule has 2 fully saturated rings. The Balaban J connectivity index is 1.69. The summed E-state index contributed by atoms with van der Waals surface area (Å²) in [6.07, 6.45) is 7.34. The lowest BCUT2D eigenvalue weighted by atomic mass is 9.84. The van der Waals surface area contributed by atoms with Crippen LogP contribution in [0, 0.1) is 5.92 Å². The number of ether oxygens (including phenoxy) is 1. The Morgan fingerprint density at radius 2 is 2.21 bits per heavy atom. The number of carbonyl (C=O) groups excluding carboxylic acids is 1. The van der Waals surface area contributed by atoms with E-state index in [2.05, 4.69) is 19.9 Å². The Kier molecular flexibility index (Phi) is 6.67. The minimum Gasteiger partial charge on any atom is -0.444 e. The molecular formula is C19H30N6O2S. The van der Waals surface area contributed by atoms with Crippen molar-refractivity contribution in [1.82, 2.24) is 9.88 Å². The number of hydrogen-bond donors (Lipinski definition) is 0. The van der Waals surface area contributed by atoms with Gasteiger partial charge in [0.15, 0.2) is 0 Å². The Morgan fingerprint density at radius 3 is 2.86 bits per heavy atom. The van der Waals surface area contributed by atoms with Crippen molar-refractivity contribution >= 4 is 22.4 Å². The van der Waals surface area contributed by atoms with Crippen LogP contribution in [0.15, 0.2) is 11.3 Å². The van der Waals surface area contributed by atoms with Crippen LogP contribution >= 0.6 is 11.3 Å². The predicted molar refractivity (Wildman–Crippen MR) is 110 cm³/mol. The zero-order chi connectivity index (χ0) is 20.1. The molecule has 1 amide bonds. The van der Waals surface area contributed by atoms with E-state index in [-0.39, 0.29) is 18.7 Å². The number of amides is 1. The molecule has 9 heteroatoms. The molecule has 0 N–H and O–H groups in total. The van der Waals surface area contributed by atoms with Crippen LogP contribution in [0.4, 0.5) is 9.80 Å². The molecule has 1 aromatic heterocycles. The number of rotatable bonds is 6. The van der Waals surface area contributed by atoms with E-state index in [1.165, 1.54) is 19.3 Å². The van der Waals surface area contributed by atoms with Crippen LogP contribution in [-0.2, 0) is 11.3 Å². The fourth-order valence-electron chi connectivity index (χ4n) is 3.67. The summed E-state index contributed by atoms with van der Waals surface area (Å²) in [7, 11) is 0. The minimum atomic E-state index is -0.489. The van der Waals surface area contributed by atoms with Gasteiger partial charge in [0.1, 0.15) is 15.6 Å². The second-order valence-electron chi connectivity index (χ2n) is 8.65. The SMILES string of the molecule is CC(C)(C)OC(=O)N(CC1CCC1)C1CCCN(c2cnc(CN=[N+]=[N-])s2)C1. The summed E-state index contributed by atoms with van der Waals surface area (Å²) < 4.78 is 5.72. The first kappa shape index (κ1) is 20.7. The highest BCUT2D eigenvalue weighted by Crippen LogP contribution is 2.32. The zero-order valence-corrected chi connectivity index (χ0v) is 17.8. The highest BCUT2D eigenvalue weighted by Gasteiger charge is 2.34. The molecule has 1 atom stereocenters. The van der Waals surface area contributed by atoms with Crippen molar-refractivity contribution in [2.24, 2.45) is 11.0 Å². The Labute approximate surface area is 170 Å². The third-order valence-electron chi connectivity index (χ3n) is 5.27. The van der Waals surface area contributed by atoms with Gasteiger partial charge in [-0.1, -0.05) is 11.5 Å². The molecule has 1 aliphatic carbocycles. The van der Waals surface area contributed by atoms with Gasteiger partial charge in [-0.3, -0.25) is 0 Å². The van der Waals surface area contributed by atoms with Gasteiger partial charge in [0.25, 0.3) is 0 Å². The normalized spacial score (nSPS) is 20.2. The van der Waals surface area contributed by atoms with E-state index >= 15 is 0 Å². The highest BCUT2D eigenvalue weighted by atomic mass is 32.1. The smallest absolute Gasteiger partial charge is 0.410 e. The Morgan fingerprint density at radius 1 is 1.43 bits per heavy atom. The third kappa shape index (κ3) is 5.52. The molecule has 1 aliphatic heterocycles. The predicted octanol–water partition coefficient (Wildman–Crippen LogP) is 4.96. The van der Waals surface area contributed by atoms with Gasteiger partial charge in [-0.15, -0.1) is 11.3 Å². The lowest BCUT2D eigenvalue weighted by molar-refractivity contribution is 0.00738. The monoisotopic (exact) mass is 406 g/mol. The molecule has 0 spiro atoms. The fourth-order valence-corrected chi connectivity index (χ4v) is 4.54. The van der Waals surface area contributed by atoms with Crippen LogP contribution < -0.4 is 4.90 Å². The highest BCUT2D eigenvalue weighted by molar-refractivity contribution is 7.15. The molecule has 1 saturated heterocycles. The van der Waals surface area contributed by atoms with E-state index in [1.807, 2.05) is 31.9 Å². The summed E-state index contributed by atoms with van der Waals surface area (Å²) in [6, 6.07) is 0.145. The molecular weight excluding hydrogens is 376 g/mol. The molecule has 2 heterocycles. The maximum Gasteiger partial charge on any atom is 0.410 e. The van der Waals surface area contributed by atoms with Gasteiger partial charge < -0.3 is 14.5 Å². The summed E-state index contributed by atoms with van der Waals surface area (Å²) in [4.78, 5) is 24.4. The van der Waals surface area contributed by atoms with Gasteiger partial charge >= 0.3 is 6.09 Å². The number of carbonyl (C=O) groups is 1. The summed E-state index contributed by atoms with van der Waals surface area (Å²) in [5.74, 6) is 0.599. The van der Waals surface area contributed by atoms with E-state index < -0.39 is 5.60 Å². The lowest BCUT2D eigenvalue weighted by Gasteiger charge is -2.42. The molecule has 0 radical (unpaired) electrons. The summed E-state index contributed by atoms with van der Waals surface area (Å²) >= 11 is 1.56. The van der Waals surface area contributed by atoms with Gasteiger partial charge in [0.05, 0.1) is 18.8 Å². The molecule has 154 valence electrons. The average molecular weight is 407 g/mol. The van der Waals surface area contributed by atoms with Crippen LogP contribution in [0.5, 0.6) is 0 Å². The second kappa shape index (κ2) is 9.01. The maximum atomic E-state index is 12.9. The van der Waals surface area contributed by atoms with Crippen molar-refractivity contribution in [2.45, 2.75) is 71.1 Å². The number of hydrogen-bond acceptors (Lipinski definition) is 6. The van der Waals surface area contributed by atoms with Gasteiger partial charge in [-0.05, 0) is 57.9 Å². The molecule has 8 nitrogen and oxygen atoms in total. The topological polar surface area (TPSA) is 94.4 Å². The van der Waals surface area contributed by atoms with Crippen molar-refractivity contribution in [3.8, 4) is 0 Å². The van der Waals surface area contributed by atoms with Crippen molar-refractivity contribution in [2.75, 3.05) is 24.5 Å². The maximum absolute atomic E-state index is 12.9. The standard InChI is InChI=1S/C19H30N6O2S/c1-19(2,3)27-18(26)25(12-14-6-4-7-14)15-8-5-9-24(13-15)17-11-21-16(28-17)10-22-23-20/h11,14-15H,4-10,12-13H2,1-3H3. The summed E-state index contributed by atoms with van der Waals surface area (Å²) in [6.45, 7) is 8.56. The van der Waals surface area contributed by atoms with Gasteiger partial charge in [-0.2, -0.15) is 0 Å². The van der Waals surface area contributed by atoms with E-state index in [4.69, 9.17) is 10.3 Å². The number of aromatic nitrogens is 1. The van der Waals surface area contributed by atoms with Crippen LogP contribution in [-0.4, -0.2) is 47.3 Å². The third-order valence-corrected chi connectivity index (χ3v) is 6.31. The number of nitrogens with zero attached hydrogens (tertiary/aromatic N) is 6. The van der Waals surface area contributed by atoms with Crippen molar-refractivity contribution < 1.29 is 9.53 Å². The molecule has 0 aromatic carbocycles. The quantitative estimate of drug-likeness (QED) is 0.379. The molecule has 28 heavy (non-hydrogen) atoms. The summed E-state index contributed by atoms with van der Waals surface area (Å²) in [5, 5.41) is 5.47. The van der Waals surface area contributed by atoms with Crippen molar-refractivity contribution in [3.63, 3.8) is 0 Å². The first-order valence-corrected chi connectivity index (χ1v) is 10.9. The van der Waals surface area contributed by atoms with E-state index in [9.17, 15) is 4.79 Å². The lowest BCUT2D eigenvalue weighted by Crippen LogP contribution is -2.53. The first-order chi connectivity index (χ1) is 13.4. The molecule has 0 bridgehead atoms. The fraction of sp³-hybridized carbons (Fsp3) is 0.789. The van der Waals surface area contributed by atoms with Crippen LogP contribution in [0.25, 0.3) is 10.4 Å². The van der Waals surface area contributed by atoms with E-state index in [0.717, 1.165) is 42.5 Å². The molecule has 3 rings (SSSR count). The molecule has 1 saturated carbocycles. The van der Waals surface area contributed by atoms with Crippen LogP contribution in [0.1, 0.15) is 57.9 Å². The second-order valence-corrected chi connectivity index (χ2v) is 9.75. The zero-order valence-electron chi connectivity index (χ0n) is 17.0. The molecule has 2 aliphatic rings. The number of piperidine rings is 1.